The maximum Gasteiger partial charge on any atom is 0.573 e. The van der Waals surface area contributed by atoms with E-state index in [1.807, 2.05) is 30.5 Å². The van der Waals surface area contributed by atoms with Crippen LogP contribution in [0.1, 0.15) is 28.4 Å². The molecule has 1 heterocycles. The highest BCUT2D eigenvalue weighted by atomic mass is 19.4. The van der Waals surface area contributed by atoms with Crippen molar-refractivity contribution in [2.45, 2.75) is 32.3 Å². The molecule has 0 aliphatic carbocycles. The van der Waals surface area contributed by atoms with Gasteiger partial charge in [-0.3, -0.25) is 9.59 Å². The van der Waals surface area contributed by atoms with E-state index in [1.54, 1.807) is 24.3 Å². The molecule has 2 amide bonds. The lowest BCUT2D eigenvalue weighted by atomic mass is 10.00. The lowest BCUT2D eigenvalue weighted by Crippen LogP contribution is -2.42. The van der Waals surface area contributed by atoms with Gasteiger partial charge in [-0.1, -0.05) is 48.5 Å². The van der Waals surface area contributed by atoms with E-state index in [9.17, 15) is 22.8 Å². The van der Waals surface area contributed by atoms with E-state index in [0.29, 0.717) is 24.1 Å². The largest absolute Gasteiger partial charge is 0.573 e. The molecule has 0 aliphatic rings. The first kappa shape index (κ1) is 26.7. The summed E-state index contributed by atoms with van der Waals surface area (Å²) in [7, 11) is 0. The molecule has 1 atom stereocenters. The van der Waals surface area contributed by atoms with Gasteiger partial charge in [-0.05, 0) is 46.9 Å². The summed E-state index contributed by atoms with van der Waals surface area (Å²) in [5, 5.41) is 6.44. The molecule has 10 heteroatoms. The molecule has 4 rings (SSSR count). The van der Waals surface area contributed by atoms with Gasteiger partial charge in [0.05, 0.1) is 5.56 Å². The number of ether oxygens (including phenoxy) is 1. The van der Waals surface area contributed by atoms with Gasteiger partial charge in [0.2, 0.25) is 5.91 Å². The second-order valence-corrected chi connectivity index (χ2v) is 8.84. The number of halogens is 3. The van der Waals surface area contributed by atoms with E-state index < -0.39 is 24.1 Å². The first-order valence-corrected chi connectivity index (χ1v) is 11.9. The number of alkyl halides is 3. The van der Waals surface area contributed by atoms with E-state index in [-0.39, 0.29) is 18.0 Å². The zero-order chi connectivity index (χ0) is 27.3. The van der Waals surface area contributed by atoms with Crippen LogP contribution in [0.15, 0.2) is 72.9 Å². The van der Waals surface area contributed by atoms with Crippen LogP contribution in [0, 0.1) is 0 Å². The Bertz CT molecular complexity index is 1430. The average Bonchev–Trinajstić information content (AvgIpc) is 3.29. The molecule has 0 radical (unpaired) electrons. The van der Waals surface area contributed by atoms with Gasteiger partial charge in [0.25, 0.3) is 5.91 Å². The van der Waals surface area contributed by atoms with Crippen molar-refractivity contribution in [3.8, 4) is 16.9 Å². The van der Waals surface area contributed by atoms with E-state index in [2.05, 4.69) is 20.4 Å². The van der Waals surface area contributed by atoms with E-state index in [0.717, 1.165) is 28.1 Å². The average molecular weight is 525 g/mol. The highest BCUT2D eigenvalue weighted by Gasteiger charge is 2.33. The summed E-state index contributed by atoms with van der Waals surface area (Å²) in [4.78, 5) is 27.5. The molecule has 38 heavy (non-hydrogen) atoms. The Labute approximate surface area is 217 Å². The maximum atomic E-state index is 13.2. The fourth-order valence-electron chi connectivity index (χ4n) is 4.16. The first-order valence-electron chi connectivity index (χ1n) is 11.9. The lowest BCUT2D eigenvalue weighted by molar-refractivity contribution is -0.274. The first-order chi connectivity index (χ1) is 18.1. The molecule has 0 aliphatic heterocycles. The smallest absolute Gasteiger partial charge is 0.405 e. The Kier molecular flexibility index (Phi) is 8.02. The van der Waals surface area contributed by atoms with Crippen molar-refractivity contribution in [2.75, 3.05) is 6.54 Å². The van der Waals surface area contributed by atoms with Crippen LogP contribution < -0.4 is 21.1 Å². The number of hydrogen-bond acceptors (Lipinski definition) is 4. The van der Waals surface area contributed by atoms with Gasteiger partial charge in [-0.15, -0.1) is 13.2 Å². The highest BCUT2D eigenvalue weighted by molar-refractivity contribution is 5.98. The molecular formula is C28H27F3N4O3. The standard InChI is InChI=1S/C28H27F3N4O3/c1-17(36)33-15-18-6-8-19(9-7-18)20-10-11-26(38-28(29,30)31)24(13-20)27(37)35-22(14-32)12-21-16-34-25-5-3-2-4-23(21)25/h2-11,13,16,22,34H,12,14-15,32H2,1H3,(H,33,36)(H,35,37). The molecule has 0 saturated heterocycles. The number of nitrogens with two attached hydrogens (primary N) is 1. The number of nitrogens with one attached hydrogen (secondary N) is 3. The zero-order valence-corrected chi connectivity index (χ0v) is 20.6. The normalized spacial score (nSPS) is 12.2. The molecular weight excluding hydrogens is 497 g/mol. The van der Waals surface area contributed by atoms with Crippen LogP contribution in [-0.4, -0.2) is 35.7 Å². The Balaban J connectivity index is 1.58. The monoisotopic (exact) mass is 524 g/mol. The Morgan fingerprint density at radius 3 is 2.42 bits per heavy atom. The number of H-pyrrole nitrogens is 1. The van der Waals surface area contributed by atoms with Gasteiger partial charge in [-0.25, -0.2) is 0 Å². The number of fused-ring (bicyclic) bond motifs is 1. The van der Waals surface area contributed by atoms with Gasteiger partial charge >= 0.3 is 6.36 Å². The minimum Gasteiger partial charge on any atom is -0.405 e. The SMILES string of the molecule is CC(=O)NCc1ccc(-c2ccc(OC(F)(F)F)c(C(=O)NC(CN)Cc3c[nH]c4ccccc34)c2)cc1. The van der Waals surface area contributed by atoms with Gasteiger partial charge in [-0.2, -0.15) is 0 Å². The molecule has 5 N–H and O–H groups in total. The van der Waals surface area contributed by atoms with Gasteiger partial charge in [0, 0.05) is 43.2 Å². The zero-order valence-electron chi connectivity index (χ0n) is 20.6. The maximum absolute atomic E-state index is 13.2. The quantitative estimate of drug-likeness (QED) is 0.255. The van der Waals surface area contributed by atoms with Crippen molar-refractivity contribution >= 4 is 22.7 Å². The predicted octanol–water partition coefficient (Wildman–Crippen LogP) is 4.67. The number of aromatic amines is 1. The van der Waals surface area contributed by atoms with Gasteiger partial charge in [0.1, 0.15) is 5.75 Å². The lowest BCUT2D eigenvalue weighted by Gasteiger charge is -2.19. The van der Waals surface area contributed by atoms with Crippen molar-refractivity contribution in [1.29, 1.82) is 0 Å². The minimum atomic E-state index is -4.97. The molecule has 1 aromatic heterocycles. The van der Waals surface area contributed by atoms with Crippen LogP contribution in [0.25, 0.3) is 22.0 Å². The Morgan fingerprint density at radius 2 is 1.74 bits per heavy atom. The van der Waals surface area contributed by atoms with Crippen LogP contribution >= 0.6 is 0 Å². The number of carbonyl (C=O) groups excluding carboxylic acids is 2. The fourth-order valence-corrected chi connectivity index (χ4v) is 4.16. The molecule has 7 nitrogen and oxygen atoms in total. The number of benzene rings is 3. The van der Waals surface area contributed by atoms with Crippen LogP contribution in [0.4, 0.5) is 13.2 Å². The van der Waals surface area contributed by atoms with Crippen LogP contribution in [-0.2, 0) is 17.8 Å². The third-order valence-electron chi connectivity index (χ3n) is 6.04. The van der Waals surface area contributed by atoms with Crippen molar-refractivity contribution < 1.29 is 27.5 Å². The van der Waals surface area contributed by atoms with Crippen LogP contribution in [0.2, 0.25) is 0 Å². The molecule has 0 saturated carbocycles. The molecule has 198 valence electrons. The summed E-state index contributed by atoms with van der Waals surface area (Å²) in [6.45, 7) is 1.84. The van der Waals surface area contributed by atoms with Crippen LogP contribution in [0.3, 0.4) is 0 Å². The van der Waals surface area contributed by atoms with Crippen molar-refractivity contribution in [3.05, 3.63) is 89.6 Å². The fraction of sp³-hybridized carbons (Fsp3) is 0.214. The van der Waals surface area contributed by atoms with Gasteiger partial charge < -0.3 is 26.1 Å². The van der Waals surface area contributed by atoms with Crippen molar-refractivity contribution in [3.63, 3.8) is 0 Å². The molecule has 4 aromatic rings. The summed E-state index contributed by atoms with van der Waals surface area (Å²) < 4.78 is 43.5. The summed E-state index contributed by atoms with van der Waals surface area (Å²) in [5.41, 5.74) is 9.56. The molecule has 0 spiro atoms. The third kappa shape index (κ3) is 6.71. The highest BCUT2D eigenvalue weighted by Crippen LogP contribution is 2.31. The van der Waals surface area contributed by atoms with E-state index in [1.165, 1.54) is 19.1 Å². The number of hydrogen-bond donors (Lipinski definition) is 4. The van der Waals surface area contributed by atoms with Crippen LogP contribution in [0.5, 0.6) is 5.75 Å². The topological polar surface area (TPSA) is 109 Å². The minimum absolute atomic E-state index is 0.0795. The summed E-state index contributed by atoms with van der Waals surface area (Å²) >= 11 is 0. The Hall–Kier alpha value is -4.31. The van der Waals surface area contributed by atoms with E-state index in [4.69, 9.17) is 5.73 Å². The summed E-state index contributed by atoms with van der Waals surface area (Å²) in [6.07, 6.45) is -2.76. The van der Waals surface area contributed by atoms with Crippen molar-refractivity contribution in [1.82, 2.24) is 15.6 Å². The number of aromatic nitrogens is 1. The molecule has 1 unspecified atom stereocenters. The number of carbonyl (C=O) groups is 2. The summed E-state index contributed by atoms with van der Waals surface area (Å²) in [6, 6.07) is 18.2. The number of rotatable bonds is 9. The number of amides is 2. The summed E-state index contributed by atoms with van der Waals surface area (Å²) in [5.74, 6) is -1.50. The second kappa shape index (κ2) is 11.4. The Morgan fingerprint density at radius 1 is 1.03 bits per heavy atom. The molecule has 3 aromatic carbocycles. The predicted molar refractivity (Wildman–Crippen MR) is 138 cm³/mol. The van der Waals surface area contributed by atoms with Crippen molar-refractivity contribution in [2.24, 2.45) is 5.73 Å². The number of para-hydroxylation sites is 1. The second-order valence-electron chi connectivity index (χ2n) is 8.84. The van der Waals surface area contributed by atoms with Gasteiger partial charge in [0.15, 0.2) is 0 Å². The molecule has 0 fully saturated rings. The third-order valence-corrected chi connectivity index (χ3v) is 6.04. The molecule has 0 bridgehead atoms. The van der Waals surface area contributed by atoms with E-state index >= 15 is 0 Å².